The predicted octanol–water partition coefficient (Wildman–Crippen LogP) is 6.15. The molecule has 3 heterocycles. The molecule has 2 amide bonds. The molecule has 45 heavy (non-hydrogen) atoms. The molecule has 0 bridgehead atoms. The van der Waals surface area contributed by atoms with Crippen LogP contribution in [0.3, 0.4) is 0 Å². The first-order valence-corrected chi connectivity index (χ1v) is 17.1. The smallest absolute Gasteiger partial charge is 0.254 e. The van der Waals surface area contributed by atoms with E-state index in [4.69, 9.17) is 4.74 Å². The van der Waals surface area contributed by atoms with Gasteiger partial charge in [0.05, 0.1) is 0 Å². The van der Waals surface area contributed by atoms with Gasteiger partial charge in [-0.2, -0.15) is 0 Å². The van der Waals surface area contributed by atoms with Crippen molar-refractivity contribution in [2.75, 3.05) is 50.7 Å². The molecule has 7 nitrogen and oxygen atoms in total. The molecule has 7 rings (SSSR count). The maximum atomic E-state index is 13.9. The second kappa shape index (κ2) is 12.9. The number of carbonyl (C=O) groups is 2. The summed E-state index contributed by atoms with van der Waals surface area (Å²) in [6.45, 7) is 8.14. The summed E-state index contributed by atoms with van der Waals surface area (Å²) in [6, 6.07) is 23.0. The minimum atomic E-state index is -0.787. The van der Waals surface area contributed by atoms with Crippen molar-refractivity contribution in [1.29, 1.82) is 0 Å². The van der Waals surface area contributed by atoms with Gasteiger partial charge >= 0.3 is 0 Å². The zero-order valence-corrected chi connectivity index (χ0v) is 26.6. The highest BCUT2D eigenvalue weighted by Gasteiger charge is 2.47. The Labute approximate surface area is 267 Å². The quantitative estimate of drug-likeness (QED) is 0.333. The number of likely N-dealkylation sites (N-methyl/N-ethyl adjacent to an activating group) is 1. The second-order valence-corrected chi connectivity index (χ2v) is 13.2. The molecule has 4 aliphatic rings. The van der Waals surface area contributed by atoms with Crippen LogP contribution in [0, 0.1) is 0 Å². The monoisotopic (exact) mass is 606 g/mol. The highest BCUT2D eigenvalue weighted by molar-refractivity contribution is 5.98. The number of amides is 2. The van der Waals surface area contributed by atoms with Gasteiger partial charge in [-0.15, -0.1) is 0 Å². The van der Waals surface area contributed by atoms with Crippen molar-refractivity contribution in [3.63, 3.8) is 0 Å². The molecule has 0 unspecified atom stereocenters. The maximum Gasteiger partial charge on any atom is 0.254 e. The van der Waals surface area contributed by atoms with E-state index < -0.39 is 5.41 Å². The van der Waals surface area contributed by atoms with Gasteiger partial charge < -0.3 is 19.9 Å². The molecule has 3 aromatic rings. The molecular formula is C38H46N4O3. The van der Waals surface area contributed by atoms with Gasteiger partial charge in [0.25, 0.3) is 5.91 Å². The Morgan fingerprint density at radius 3 is 2.27 bits per heavy atom. The summed E-state index contributed by atoms with van der Waals surface area (Å²) >= 11 is 0. The van der Waals surface area contributed by atoms with E-state index in [9.17, 15) is 9.59 Å². The van der Waals surface area contributed by atoms with Crippen LogP contribution in [0.15, 0.2) is 66.7 Å². The average molecular weight is 607 g/mol. The molecule has 0 atom stereocenters. The van der Waals surface area contributed by atoms with Crippen molar-refractivity contribution in [2.45, 2.75) is 69.7 Å². The first kappa shape index (κ1) is 29.8. The van der Waals surface area contributed by atoms with Crippen LogP contribution in [0.4, 0.5) is 5.69 Å². The number of benzene rings is 3. The first-order chi connectivity index (χ1) is 22.1. The third kappa shape index (κ3) is 5.60. The van der Waals surface area contributed by atoms with E-state index in [0.717, 1.165) is 98.8 Å². The van der Waals surface area contributed by atoms with Gasteiger partial charge in [0.2, 0.25) is 5.91 Å². The Bertz CT molecular complexity index is 1490. The minimum absolute atomic E-state index is 0.0435. The lowest BCUT2D eigenvalue weighted by molar-refractivity contribution is -0.125. The van der Waals surface area contributed by atoms with Gasteiger partial charge in [0.15, 0.2) is 0 Å². The lowest BCUT2D eigenvalue weighted by Crippen LogP contribution is -2.49. The highest BCUT2D eigenvalue weighted by atomic mass is 16.5. The molecule has 3 aliphatic heterocycles. The third-order valence-corrected chi connectivity index (χ3v) is 10.6. The fourth-order valence-corrected chi connectivity index (χ4v) is 8.23. The summed E-state index contributed by atoms with van der Waals surface area (Å²) in [4.78, 5) is 34.7. The van der Waals surface area contributed by atoms with Gasteiger partial charge in [-0.25, -0.2) is 0 Å². The Morgan fingerprint density at radius 2 is 1.58 bits per heavy atom. The number of rotatable bonds is 8. The summed E-state index contributed by atoms with van der Waals surface area (Å²) in [6.07, 6.45) is 8.66. The Balaban J connectivity index is 1.02. The summed E-state index contributed by atoms with van der Waals surface area (Å²) in [5.41, 5.74) is 4.39. The predicted molar refractivity (Wildman–Crippen MR) is 178 cm³/mol. The Morgan fingerprint density at radius 1 is 0.889 bits per heavy atom. The maximum absolute atomic E-state index is 13.9. The van der Waals surface area contributed by atoms with E-state index in [2.05, 4.69) is 50.3 Å². The fraction of sp³-hybridized carbons (Fsp3) is 0.474. The topological polar surface area (TPSA) is 65.1 Å². The Hall–Kier alpha value is -3.84. The number of anilines is 1. The number of hydrogen-bond donors (Lipinski definition) is 1. The van der Waals surface area contributed by atoms with Crippen LogP contribution in [0.2, 0.25) is 0 Å². The zero-order valence-electron chi connectivity index (χ0n) is 26.6. The molecule has 1 saturated carbocycles. The molecule has 3 aromatic carbocycles. The third-order valence-electron chi connectivity index (χ3n) is 10.6. The Kier molecular flexibility index (Phi) is 8.54. The molecule has 236 valence electrons. The number of carbonyl (C=O) groups excluding carboxylic acids is 2. The average Bonchev–Trinajstić information content (AvgIpc) is 3.09. The number of nitrogens with zero attached hydrogens (tertiary/aromatic N) is 3. The van der Waals surface area contributed by atoms with Crippen molar-refractivity contribution in [1.82, 2.24) is 15.1 Å². The molecular weight excluding hydrogens is 560 g/mol. The second-order valence-electron chi connectivity index (χ2n) is 13.2. The van der Waals surface area contributed by atoms with E-state index >= 15 is 0 Å². The van der Waals surface area contributed by atoms with Crippen LogP contribution in [-0.2, 0) is 16.6 Å². The van der Waals surface area contributed by atoms with Crippen LogP contribution < -0.4 is 15.0 Å². The van der Waals surface area contributed by atoms with Gasteiger partial charge in [-0.3, -0.25) is 14.5 Å². The molecule has 0 aromatic heterocycles. The number of piperazine rings is 1. The van der Waals surface area contributed by atoms with Crippen molar-refractivity contribution < 1.29 is 14.3 Å². The largest absolute Gasteiger partial charge is 0.457 e. The van der Waals surface area contributed by atoms with Gasteiger partial charge in [0.1, 0.15) is 16.9 Å². The summed E-state index contributed by atoms with van der Waals surface area (Å²) in [5, 5.41) is 3.15. The molecule has 1 N–H and O–H groups in total. The van der Waals surface area contributed by atoms with Crippen LogP contribution in [0.5, 0.6) is 11.5 Å². The van der Waals surface area contributed by atoms with Crippen molar-refractivity contribution >= 4 is 17.5 Å². The summed E-state index contributed by atoms with van der Waals surface area (Å²) < 4.78 is 6.27. The minimum Gasteiger partial charge on any atom is -0.457 e. The van der Waals surface area contributed by atoms with Crippen LogP contribution in [0.1, 0.15) is 78.9 Å². The molecule has 0 radical (unpaired) electrons. The fourth-order valence-electron chi connectivity index (χ4n) is 8.23. The number of para-hydroxylation sites is 2. The van der Waals surface area contributed by atoms with Crippen molar-refractivity contribution in [2.24, 2.45) is 0 Å². The normalized spacial score (nSPS) is 19.7. The number of hydrogen-bond acceptors (Lipinski definition) is 5. The summed E-state index contributed by atoms with van der Waals surface area (Å²) in [7, 11) is 0. The highest BCUT2D eigenvalue weighted by Crippen LogP contribution is 2.50. The van der Waals surface area contributed by atoms with Crippen LogP contribution in [-0.4, -0.2) is 73.5 Å². The number of nitrogens with one attached hydrogen (secondary N) is 1. The lowest BCUT2D eigenvalue weighted by atomic mass is 9.68. The van der Waals surface area contributed by atoms with E-state index in [1.165, 1.54) is 24.8 Å². The van der Waals surface area contributed by atoms with E-state index in [1.54, 1.807) is 0 Å². The number of ether oxygens (including phenoxy) is 1. The number of fused-ring (bicyclic) bond motifs is 3. The van der Waals surface area contributed by atoms with Gasteiger partial charge in [0, 0.05) is 67.7 Å². The van der Waals surface area contributed by atoms with E-state index in [-0.39, 0.29) is 11.8 Å². The van der Waals surface area contributed by atoms with Crippen molar-refractivity contribution in [3.8, 4) is 11.5 Å². The molecule has 2 fully saturated rings. The van der Waals surface area contributed by atoms with Gasteiger partial charge in [-0.1, -0.05) is 61.7 Å². The molecule has 1 aliphatic carbocycles. The van der Waals surface area contributed by atoms with Crippen LogP contribution >= 0.6 is 0 Å². The summed E-state index contributed by atoms with van der Waals surface area (Å²) in [5.74, 6) is 1.81. The molecule has 0 spiro atoms. The van der Waals surface area contributed by atoms with Crippen LogP contribution in [0.25, 0.3) is 0 Å². The molecule has 7 heteroatoms. The lowest BCUT2D eigenvalue weighted by Gasteiger charge is -2.40. The van der Waals surface area contributed by atoms with E-state index in [0.29, 0.717) is 19.0 Å². The van der Waals surface area contributed by atoms with Gasteiger partial charge in [-0.05, 0) is 75.4 Å². The first-order valence-electron chi connectivity index (χ1n) is 17.1. The van der Waals surface area contributed by atoms with E-state index in [1.807, 2.05) is 43.3 Å². The SMILES string of the molecule is CCNC(=O)C1(CCCN2CCN(c3ccc4c(c3)C(=O)N(C3CCCCC3)CC4)CC2)c2ccccc2Oc2ccccc21. The van der Waals surface area contributed by atoms with Crippen molar-refractivity contribution in [3.05, 3.63) is 89.0 Å². The molecule has 1 saturated heterocycles. The zero-order chi connectivity index (χ0) is 30.8. The standard InChI is InChI=1S/C38H46N4O3/c1-2-39-37(44)38(32-13-6-8-15-34(32)45-35-16-9-7-14-33(35)38)20-10-21-40-23-25-41(26-24-40)30-18-17-28-19-22-42(36(43)31(28)27-30)29-11-4-3-5-12-29/h6-9,13-18,27,29H,2-5,10-12,19-26H2,1H3,(H,39,44).